The number of hydrogen-bond donors (Lipinski definition) is 0. The van der Waals surface area contributed by atoms with E-state index < -0.39 is 17.6 Å². The normalized spacial score (nSPS) is 21.9. The molecule has 1 aliphatic rings. The molecule has 1 aliphatic carbocycles. The summed E-state index contributed by atoms with van der Waals surface area (Å²) in [5.41, 5.74) is 0.338. The number of carbonyl (C=O) groups excluding carboxylic acids is 1. The Morgan fingerprint density at radius 2 is 1.87 bits per heavy atom. The predicted molar refractivity (Wildman–Crippen MR) is 81.5 cm³/mol. The second-order valence-electron chi connectivity index (χ2n) is 5.46. The maximum atomic E-state index is 12.8. The molecule has 0 heterocycles. The van der Waals surface area contributed by atoms with Crippen LogP contribution in [0.3, 0.4) is 0 Å². The maximum absolute atomic E-state index is 12.8. The van der Waals surface area contributed by atoms with Crippen molar-refractivity contribution in [3.05, 3.63) is 59.7 Å². The number of esters is 1. The lowest BCUT2D eigenvalue weighted by Gasteiger charge is -2.26. The topological polar surface area (TPSA) is 50.1 Å². The van der Waals surface area contributed by atoms with Crippen LogP contribution in [-0.2, 0) is 4.74 Å². The van der Waals surface area contributed by atoms with Gasteiger partial charge in [-0.25, -0.2) is 9.18 Å². The van der Waals surface area contributed by atoms with E-state index in [1.807, 2.05) is 6.08 Å². The Hall–Kier alpha value is -2.48. The molecule has 0 radical (unpaired) electrons. The SMILES string of the molecule is N#CC(F)=C/C=C/C1CCC(OC(=O)c2ccc(F)cc2)CC1. The van der Waals surface area contributed by atoms with Gasteiger partial charge in [0.15, 0.2) is 5.83 Å². The van der Waals surface area contributed by atoms with E-state index in [1.165, 1.54) is 30.3 Å². The summed E-state index contributed by atoms with van der Waals surface area (Å²) in [5.74, 6) is -1.36. The van der Waals surface area contributed by atoms with Gasteiger partial charge in [0.1, 0.15) is 18.0 Å². The highest BCUT2D eigenvalue weighted by Crippen LogP contribution is 2.27. The lowest BCUT2D eigenvalue weighted by molar-refractivity contribution is 0.0185. The third kappa shape index (κ3) is 5.33. The number of nitriles is 1. The van der Waals surface area contributed by atoms with Crippen molar-refractivity contribution in [1.82, 2.24) is 0 Å². The standard InChI is InChI=1S/C18H17F2NO2/c19-15-8-6-14(7-9-15)18(22)23-17-10-4-13(5-11-17)2-1-3-16(20)12-21/h1-3,6-9,13,17H,4-5,10-11H2/b2-1+,16-3?. The van der Waals surface area contributed by atoms with Gasteiger partial charge >= 0.3 is 5.97 Å². The molecule has 23 heavy (non-hydrogen) atoms. The second-order valence-corrected chi connectivity index (χ2v) is 5.46. The molecule has 0 aromatic heterocycles. The van der Waals surface area contributed by atoms with Gasteiger partial charge < -0.3 is 4.74 Å². The fraction of sp³-hybridized carbons (Fsp3) is 0.333. The van der Waals surface area contributed by atoms with Crippen LogP contribution in [-0.4, -0.2) is 12.1 Å². The molecule has 1 aromatic carbocycles. The minimum absolute atomic E-state index is 0.149. The van der Waals surface area contributed by atoms with Crippen LogP contribution in [0.4, 0.5) is 8.78 Å². The Morgan fingerprint density at radius 1 is 1.22 bits per heavy atom. The Kier molecular flexibility index (Phi) is 6.04. The maximum Gasteiger partial charge on any atom is 0.338 e. The number of nitrogens with zero attached hydrogens (tertiary/aromatic N) is 1. The molecular formula is C18H17F2NO2. The third-order valence-electron chi connectivity index (χ3n) is 3.81. The van der Waals surface area contributed by atoms with E-state index in [-0.39, 0.29) is 6.10 Å². The van der Waals surface area contributed by atoms with E-state index in [4.69, 9.17) is 10.00 Å². The first-order chi connectivity index (χ1) is 11.1. The van der Waals surface area contributed by atoms with Crippen molar-refractivity contribution in [2.24, 2.45) is 5.92 Å². The zero-order valence-electron chi connectivity index (χ0n) is 12.5. The number of halogens is 2. The van der Waals surface area contributed by atoms with Gasteiger partial charge in [-0.3, -0.25) is 0 Å². The van der Waals surface area contributed by atoms with Crippen LogP contribution in [0.2, 0.25) is 0 Å². The van der Waals surface area contributed by atoms with Gasteiger partial charge in [-0.2, -0.15) is 9.65 Å². The monoisotopic (exact) mass is 317 g/mol. The van der Waals surface area contributed by atoms with Gasteiger partial charge in [0.25, 0.3) is 0 Å². The van der Waals surface area contributed by atoms with Crippen LogP contribution in [0.1, 0.15) is 36.0 Å². The molecule has 5 heteroatoms. The van der Waals surface area contributed by atoms with E-state index in [1.54, 1.807) is 6.08 Å². The summed E-state index contributed by atoms with van der Waals surface area (Å²) in [4.78, 5) is 11.9. The van der Waals surface area contributed by atoms with Crippen molar-refractivity contribution in [1.29, 1.82) is 5.26 Å². The Bertz CT molecular complexity index is 636. The number of allylic oxidation sites excluding steroid dienone is 4. The molecular weight excluding hydrogens is 300 g/mol. The summed E-state index contributed by atoms with van der Waals surface area (Å²) < 4.78 is 30.9. The van der Waals surface area contributed by atoms with E-state index in [0.29, 0.717) is 11.5 Å². The number of hydrogen-bond acceptors (Lipinski definition) is 3. The molecule has 0 amide bonds. The molecule has 120 valence electrons. The third-order valence-corrected chi connectivity index (χ3v) is 3.81. The van der Waals surface area contributed by atoms with E-state index in [0.717, 1.165) is 31.8 Å². The molecule has 0 unspecified atom stereocenters. The first kappa shape index (κ1) is 16.9. The van der Waals surface area contributed by atoms with Crippen molar-refractivity contribution >= 4 is 5.97 Å². The fourth-order valence-corrected chi connectivity index (χ4v) is 2.54. The minimum atomic E-state index is -0.817. The van der Waals surface area contributed by atoms with E-state index in [2.05, 4.69) is 0 Å². The quantitative estimate of drug-likeness (QED) is 0.467. The molecule has 0 saturated heterocycles. The molecule has 1 fully saturated rings. The summed E-state index contributed by atoms with van der Waals surface area (Å²) in [6.07, 6.45) is 7.53. The fourth-order valence-electron chi connectivity index (χ4n) is 2.54. The number of benzene rings is 1. The highest BCUT2D eigenvalue weighted by atomic mass is 19.1. The average molecular weight is 317 g/mol. The van der Waals surface area contributed by atoms with Crippen molar-refractivity contribution in [2.75, 3.05) is 0 Å². The Labute approximate surface area is 133 Å². The van der Waals surface area contributed by atoms with E-state index in [9.17, 15) is 13.6 Å². The first-order valence-electron chi connectivity index (χ1n) is 7.49. The first-order valence-corrected chi connectivity index (χ1v) is 7.49. The minimum Gasteiger partial charge on any atom is -0.459 e. The van der Waals surface area contributed by atoms with Crippen LogP contribution in [0.15, 0.2) is 48.3 Å². The van der Waals surface area contributed by atoms with Gasteiger partial charge in [-0.15, -0.1) is 0 Å². The van der Waals surface area contributed by atoms with Gasteiger partial charge in [0.05, 0.1) is 5.56 Å². The molecule has 0 atom stereocenters. The van der Waals surface area contributed by atoms with Gasteiger partial charge in [-0.1, -0.05) is 12.2 Å². The van der Waals surface area contributed by atoms with Crippen LogP contribution < -0.4 is 0 Å². The number of rotatable bonds is 4. The number of ether oxygens (including phenoxy) is 1. The molecule has 3 nitrogen and oxygen atoms in total. The van der Waals surface area contributed by atoms with Gasteiger partial charge in [-0.05, 0) is 61.9 Å². The predicted octanol–water partition coefficient (Wildman–Crippen LogP) is 4.47. The summed E-state index contributed by atoms with van der Waals surface area (Å²) in [6.45, 7) is 0. The molecule has 0 bridgehead atoms. The smallest absolute Gasteiger partial charge is 0.338 e. The molecule has 1 aromatic rings. The highest BCUT2D eigenvalue weighted by Gasteiger charge is 2.23. The molecule has 0 spiro atoms. The van der Waals surface area contributed by atoms with E-state index >= 15 is 0 Å². The molecule has 0 aliphatic heterocycles. The van der Waals surface area contributed by atoms with Crippen molar-refractivity contribution in [2.45, 2.75) is 31.8 Å². The summed E-state index contributed by atoms with van der Waals surface area (Å²) >= 11 is 0. The van der Waals surface area contributed by atoms with Crippen molar-refractivity contribution < 1.29 is 18.3 Å². The van der Waals surface area contributed by atoms with Gasteiger partial charge in [0, 0.05) is 0 Å². The lowest BCUT2D eigenvalue weighted by Crippen LogP contribution is -2.24. The van der Waals surface area contributed by atoms with Crippen LogP contribution >= 0.6 is 0 Å². The lowest BCUT2D eigenvalue weighted by atomic mass is 9.87. The highest BCUT2D eigenvalue weighted by molar-refractivity contribution is 5.89. The van der Waals surface area contributed by atoms with Crippen LogP contribution in [0, 0.1) is 23.1 Å². The molecule has 1 saturated carbocycles. The summed E-state index contributed by atoms with van der Waals surface area (Å²) in [7, 11) is 0. The zero-order chi connectivity index (χ0) is 16.7. The Balaban J connectivity index is 1.79. The Morgan fingerprint density at radius 3 is 2.48 bits per heavy atom. The largest absolute Gasteiger partial charge is 0.459 e. The zero-order valence-corrected chi connectivity index (χ0v) is 12.5. The molecule has 0 N–H and O–H groups in total. The van der Waals surface area contributed by atoms with Crippen molar-refractivity contribution in [3.63, 3.8) is 0 Å². The van der Waals surface area contributed by atoms with Crippen molar-refractivity contribution in [3.8, 4) is 6.07 Å². The van der Waals surface area contributed by atoms with Gasteiger partial charge in [0.2, 0.25) is 0 Å². The van der Waals surface area contributed by atoms with Crippen LogP contribution in [0.25, 0.3) is 0 Å². The average Bonchev–Trinajstić information content (AvgIpc) is 2.56. The van der Waals surface area contributed by atoms with Crippen LogP contribution in [0.5, 0.6) is 0 Å². The summed E-state index contributed by atoms with van der Waals surface area (Å²) in [6, 6.07) is 6.68. The molecule has 2 rings (SSSR count). The summed E-state index contributed by atoms with van der Waals surface area (Å²) in [5, 5.41) is 8.30. The number of carbonyl (C=O) groups is 1. The second kappa shape index (κ2) is 8.23.